The average Bonchev–Trinajstić information content (AvgIpc) is 2.34. The van der Waals surface area contributed by atoms with Crippen LogP contribution >= 0.6 is 0 Å². The van der Waals surface area contributed by atoms with E-state index < -0.39 is 23.6 Å². The zero-order valence-electron chi connectivity index (χ0n) is 13.3. The molecule has 0 aromatic rings. The SMILES string of the molecule is CNCCNC(=O)[C@H](C)NC(=O)CNC(=O)OC(C)(C)C. The third kappa shape index (κ3) is 10.6. The molecule has 0 aliphatic rings. The minimum absolute atomic E-state index is 0.247. The van der Waals surface area contributed by atoms with Crippen LogP contribution < -0.4 is 21.3 Å². The topological polar surface area (TPSA) is 109 Å². The van der Waals surface area contributed by atoms with Crippen LogP contribution in [-0.4, -0.2) is 56.2 Å². The molecule has 4 N–H and O–H groups in total. The van der Waals surface area contributed by atoms with Crippen molar-refractivity contribution in [3.63, 3.8) is 0 Å². The van der Waals surface area contributed by atoms with Crippen LogP contribution in [0.5, 0.6) is 0 Å². The molecule has 8 heteroatoms. The van der Waals surface area contributed by atoms with Crippen LogP contribution in [-0.2, 0) is 14.3 Å². The molecule has 0 aromatic heterocycles. The lowest BCUT2D eigenvalue weighted by Crippen LogP contribution is -2.49. The molecule has 0 spiro atoms. The van der Waals surface area contributed by atoms with Crippen LogP contribution in [0.15, 0.2) is 0 Å². The fraction of sp³-hybridized carbons (Fsp3) is 0.769. The highest BCUT2D eigenvalue weighted by Gasteiger charge is 2.18. The molecule has 0 rings (SSSR count). The number of amides is 3. The van der Waals surface area contributed by atoms with Crippen LogP contribution in [0.25, 0.3) is 0 Å². The lowest BCUT2D eigenvalue weighted by atomic mass is 10.2. The smallest absolute Gasteiger partial charge is 0.408 e. The Morgan fingerprint density at radius 2 is 1.71 bits per heavy atom. The van der Waals surface area contributed by atoms with Crippen molar-refractivity contribution in [2.75, 3.05) is 26.7 Å². The summed E-state index contributed by atoms with van der Waals surface area (Å²) in [6.07, 6.45) is -0.677. The summed E-state index contributed by atoms with van der Waals surface area (Å²) in [6.45, 7) is 7.63. The van der Waals surface area contributed by atoms with Gasteiger partial charge >= 0.3 is 6.09 Å². The Labute approximate surface area is 125 Å². The first-order valence-corrected chi connectivity index (χ1v) is 6.84. The Balaban J connectivity index is 3.97. The van der Waals surface area contributed by atoms with Gasteiger partial charge in [0.25, 0.3) is 0 Å². The number of carbonyl (C=O) groups is 3. The molecule has 0 saturated carbocycles. The Bertz CT molecular complexity index is 366. The maximum Gasteiger partial charge on any atom is 0.408 e. The number of nitrogens with one attached hydrogen (secondary N) is 4. The van der Waals surface area contributed by atoms with Crippen molar-refractivity contribution < 1.29 is 19.1 Å². The molecule has 0 bridgehead atoms. The number of ether oxygens (including phenoxy) is 1. The Morgan fingerprint density at radius 1 is 1.10 bits per heavy atom. The largest absolute Gasteiger partial charge is 0.444 e. The second-order valence-corrected chi connectivity index (χ2v) is 5.54. The summed E-state index contributed by atoms with van der Waals surface area (Å²) in [5, 5.41) is 10.4. The van der Waals surface area contributed by atoms with Crippen LogP contribution in [0.3, 0.4) is 0 Å². The number of alkyl carbamates (subject to hydrolysis) is 1. The Kier molecular flexibility index (Phi) is 8.37. The standard InChI is InChI=1S/C13H26N4O4/c1-9(11(19)15-7-6-14-5)17-10(18)8-16-12(20)21-13(2,3)4/h9,14H,6-8H2,1-5H3,(H,15,19)(H,16,20)(H,17,18)/t9-/m0/s1. The molecule has 0 aliphatic carbocycles. The van der Waals surface area contributed by atoms with E-state index in [9.17, 15) is 14.4 Å². The van der Waals surface area contributed by atoms with Gasteiger partial charge in [-0.15, -0.1) is 0 Å². The normalized spacial score (nSPS) is 12.2. The molecule has 8 nitrogen and oxygen atoms in total. The zero-order valence-corrected chi connectivity index (χ0v) is 13.3. The number of carbonyl (C=O) groups excluding carboxylic acids is 3. The van der Waals surface area contributed by atoms with E-state index >= 15 is 0 Å². The van der Waals surface area contributed by atoms with Crippen LogP contribution in [0, 0.1) is 0 Å². The maximum atomic E-state index is 11.6. The summed E-state index contributed by atoms with van der Waals surface area (Å²) in [5.74, 6) is -0.743. The maximum absolute atomic E-state index is 11.6. The van der Waals surface area contributed by atoms with Gasteiger partial charge in [0.15, 0.2) is 0 Å². The van der Waals surface area contributed by atoms with Crippen molar-refractivity contribution in [2.24, 2.45) is 0 Å². The van der Waals surface area contributed by atoms with Gasteiger partial charge in [0, 0.05) is 13.1 Å². The number of likely N-dealkylation sites (N-methyl/N-ethyl adjacent to an activating group) is 1. The number of hydrogen-bond donors (Lipinski definition) is 4. The molecule has 0 aromatic carbocycles. The molecule has 1 atom stereocenters. The number of hydrogen-bond acceptors (Lipinski definition) is 5. The van der Waals surface area contributed by atoms with Gasteiger partial charge in [0.1, 0.15) is 18.2 Å². The van der Waals surface area contributed by atoms with Crippen LogP contribution in [0.1, 0.15) is 27.7 Å². The minimum Gasteiger partial charge on any atom is -0.444 e. The zero-order chi connectivity index (χ0) is 16.5. The first-order valence-electron chi connectivity index (χ1n) is 6.84. The quantitative estimate of drug-likeness (QED) is 0.467. The van der Waals surface area contributed by atoms with Gasteiger partial charge in [0.2, 0.25) is 11.8 Å². The van der Waals surface area contributed by atoms with Gasteiger partial charge in [-0.1, -0.05) is 0 Å². The monoisotopic (exact) mass is 302 g/mol. The lowest BCUT2D eigenvalue weighted by Gasteiger charge is -2.20. The Morgan fingerprint density at radius 3 is 2.24 bits per heavy atom. The van der Waals surface area contributed by atoms with Crippen LogP contribution in [0.4, 0.5) is 4.79 Å². The van der Waals surface area contributed by atoms with Gasteiger partial charge < -0.3 is 26.0 Å². The molecule has 0 saturated heterocycles. The van der Waals surface area contributed by atoms with Crippen molar-refractivity contribution in [3.8, 4) is 0 Å². The molecule has 0 unspecified atom stereocenters. The molecular weight excluding hydrogens is 276 g/mol. The van der Waals surface area contributed by atoms with Crippen molar-refractivity contribution >= 4 is 17.9 Å². The van der Waals surface area contributed by atoms with Crippen molar-refractivity contribution in [1.29, 1.82) is 0 Å². The van der Waals surface area contributed by atoms with Crippen LogP contribution in [0.2, 0.25) is 0 Å². The highest BCUT2D eigenvalue weighted by molar-refractivity contribution is 5.89. The molecular formula is C13H26N4O4. The molecule has 3 amide bonds. The van der Waals surface area contributed by atoms with E-state index in [0.29, 0.717) is 13.1 Å². The van der Waals surface area contributed by atoms with E-state index in [4.69, 9.17) is 4.74 Å². The molecule has 122 valence electrons. The predicted octanol–water partition coefficient (Wildman–Crippen LogP) is -0.649. The fourth-order valence-corrected chi connectivity index (χ4v) is 1.29. The molecule has 0 heterocycles. The van der Waals surface area contributed by atoms with Crippen molar-refractivity contribution in [2.45, 2.75) is 39.3 Å². The van der Waals surface area contributed by atoms with Gasteiger partial charge in [-0.2, -0.15) is 0 Å². The molecule has 0 aliphatic heterocycles. The summed E-state index contributed by atoms with van der Waals surface area (Å²) in [5.41, 5.74) is -0.624. The van der Waals surface area contributed by atoms with E-state index in [0.717, 1.165) is 0 Å². The first-order chi connectivity index (χ1) is 9.65. The van der Waals surface area contributed by atoms with Gasteiger partial charge in [-0.05, 0) is 34.7 Å². The van der Waals surface area contributed by atoms with Crippen molar-refractivity contribution in [3.05, 3.63) is 0 Å². The van der Waals surface area contributed by atoms with Gasteiger partial charge in [-0.3, -0.25) is 9.59 Å². The number of rotatable bonds is 7. The predicted molar refractivity (Wildman–Crippen MR) is 78.8 cm³/mol. The minimum atomic E-state index is -0.677. The van der Waals surface area contributed by atoms with E-state index in [-0.39, 0.29) is 12.5 Å². The highest BCUT2D eigenvalue weighted by Crippen LogP contribution is 2.05. The van der Waals surface area contributed by atoms with Gasteiger partial charge in [-0.25, -0.2) is 4.79 Å². The van der Waals surface area contributed by atoms with E-state index in [2.05, 4.69) is 21.3 Å². The van der Waals surface area contributed by atoms with E-state index in [1.54, 1.807) is 34.7 Å². The van der Waals surface area contributed by atoms with E-state index in [1.165, 1.54) is 0 Å². The molecule has 21 heavy (non-hydrogen) atoms. The van der Waals surface area contributed by atoms with Crippen molar-refractivity contribution in [1.82, 2.24) is 21.3 Å². The first kappa shape index (κ1) is 19.2. The third-order valence-corrected chi connectivity index (χ3v) is 2.24. The highest BCUT2D eigenvalue weighted by atomic mass is 16.6. The summed E-state index contributed by atoms with van der Waals surface area (Å²) in [6, 6.07) is -0.671. The van der Waals surface area contributed by atoms with Gasteiger partial charge in [0.05, 0.1) is 0 Å². The Hall–Kier alpha value is -1.83. The summed E-state index contributed by atoms with van der Waals surface area (Å²) in [4.78, 5) is 34.6. The third-order valence-electron chi connectivity index (χ3n) is 2.24. The lowest BCUT2D eigenvalue weighted by molar-refractivity contribution is -0.128. The second kappa shape index (κ2) is 9.17. The fourth-order valence-electron chi connectivity index (χ4n) is 1.29. The second-order valence-electron chi connectivity index (χ2n) is 5.54. The summed E-state index contributed by atoms with van der Waals surface area (Å²) in [7, 11) is 1.78. The molecule has 0 radical (unpaired) electrons. The summed E-state index contributed by atoms with van der Waals surface area (Å²) >= 11 is 0. The van der Waals surface area contributed by atoms with E-state index in [1.807, 2.05) is 0 Å². The molecule has 0 fully saturated rings. The average molecular weight is 302 g/mol. The summed E-state index contributed by atoms with van der Waals surface area (Å²) < 4.78 is 4.99.